The number of aryl methyl sites for hydroxylation is 1. The average Bonchev–Trinajstić information content (AvgIpc) is 2.56. The van der Waals surface area contributed by atoms with Crippen LogP contribution in [0.5, 0.6) is 0 Å². The van der Waals surface area contributed by atoms with Gasteiger partial charge in [0.2, 0.25) is 5.91 Å². The van der Waals surface area contributed by atoms with Crippen LogP contribution in [0.1, 0.15) is 11.1 Å². The van der Waals surface area contributed by atoms with Crippen LogP contribution in [0.25, 0.3) is 6.08 Å². The van der Waals surface area contributed by atoms with Crippen molar-refractivity contribution in [2.75, 3.05) is 5.32 Å². The van der Waals surface area contributed by atoms with Gasteiger partial charge in [-0.15, -0.1) is 0 Å². The summed E-state index contributed by atoms with van der Waals surface area (Å²) >= 11 is 22.8. The Morgan fingerprint density at radius 1 is 1.19 bits per heavy atom. The van der Waals surface area contributed by atoms with Crippen molar-refractivity contribution >= 4 is 75.5 Å². The van der Waals surface area contributed by atoms with Gasteiger partial charge in [-0.3, -0.25) is 20.2 Å². The number of nitro benzene ring substituents is 1. The monoisotopic (exact) mass is 443 g/mol. The molecule has 0 atom stereocenters. The molecule has 2 N–H and O–H groups in total. The number of nitrogens with one attached hydrogen (secondary N) is 2. The van der Waals surface area contributed by atoms with Crippen molar-refractivity contribution in [1.82, 2.24) is 5.32 Å². The highest BCUT2D eigenvalue weighted by Crippen LogP contribution is 2.30. The van der Waals surface area contributed by atoms with E-state index >= 15 is 0 Å². The number of nitro groups is 1. The molecule has 0 fully saturated rings. The summed E-state index contributed by atoms with van der Waals surface area (Å²) in [5, 5.41) is 17.0. The van der Waals surface area contributed by atoms with Crippen molar-refractivity contribution in [3.05, 3.63) is 72.7 Å². The molecule has 2 aromatic carbocycles. The molecule has 0 aromatic heterocycles. The molecule has 0 saturated heterocycles. The molecule has 140 valence electrons. The summed E-state index contributed by atoms with van der Waals surface area (Å²) in [5.74, 6) is -0.482. The maximum atomic E-state index is 12.0. The summed E-state index contributed by atoms with van der Waals surface area (Å²) in [6, 6.07) is 7.58. The molecule has 0 aliphatic carbocycles. The van der Waals surface area contributed by atoms with E-state index < -0.39 is 10.8 Å². The molecule has 0 bridgehead atoms. The second-order valence-electron chi connectivity index (χ2n) is 5.32. The predicted molar refractivity (Wildman–Crippen MR) is 113 cm³/mol. The molecule has 27 heavy (non-hydrogen) atoms. The van der Waals surface area contributed by atoms with E-state index in [4.69, 9.17) is 47.0 Å². The lowest BCUT2D eigenvalue weighted by molar-refractivity contribution is -0.384. The number of anilines is 1. The number of thiocarbonyl (C=S) groups is 1. The number of halogens is 3. The highest BCUT2D eigenvalue weighted by atomic mass is 35.5. The Morgan fingerprint density at radius 3 is 2.52 bits per heavy atom. The Kier molecular flexibility index (Phi) is 7.15. The maximum absolute atomic E-state index is 12.0. The first-order valence-electron chi connectivity index (χ1n) is 7.37. The molecule has 0 aliphatic heterocycles. The third kappa shape index (κ3) is 5.90. The summed E-state index contributed by atoms with van der Waals surface area (Å²) in [7, 11) is 0. The van der Waals surface area contributed by atoms with Crippen molar-refractivity contribution in [3.63, 3.8) is 0 Å². The fourth-order valence-electron chi connectivity index (χ4n) is 2.05. The lowest BCUT2D eigenvalue weighted by atomic mass is 10.2. The number of carbonyl (C=O) groups excluding carboxylic acids is 1. The van der Waals surface area contributed by atoms with Gasteiger partial charge in [0, 0.05) is 27.9 Å². The minimum atomic E-state index is -0.577. The molecular weight excluding hydrogens is 433 g/mol. The maximum Gasteiger partial charge on any atom is 0.288 e. The quantitative estimate of drug-likeness (QED) is 0.286. The third-order valence-electron chi connectivity index (χ3n) is 3.35. The van der Waals surface area contributed by atoms with Crippen molar-refractivity contribution in [3.8, 4) is 0 Å². The van der Waals surface area contributed by atoms with Gasteiger partial charge in [-0.05, 0) is 54.5 Å². The second kappa shape index (κ2) is 9.14. The highest BCUT2D eigenvalue weighted by Gasteiger charge is 2.15. The predicted octanol–water partition coefficient (Wildman–Crippen LogP) is 5.39. The Balaban J connectivity index is 2.03. The summed E-state index contributed by atoms with van der Waals surface area (Å²) in [4.78, 5) is 22.3. The lowest BCUT2D eigenvalue weighted by Crippen LogP contribution is -2.33. The van der Waals surface area contributed by atoms with E-state index in [1.165, 1.54) is 24.3 Å². The number of amides is 1. The molecule has 0 aliphatic rings. The van der Waals surface area contributed by atoms with Crippen LogP contribution in [-0.4, -0.2) is 15.9 Å². The summed E-state index contributed by atoms with van der Waals surface area (Å²) in [5.41, 5.74) is 1.40. The standard InChI is InChI=1S/C17H12Cl3N3O3S/c1-9-6-15(23(25)26)13(20)8-14(9)21-17(27)22-16(24)5-3-10-2-4-11(18)7-12(10)19/h2-8H,1H3,(H2,21,22,24,27)/b5-3+. The number of carbonyl (C=O) groups is 1. The SMILES string of the molecule is Cc1cc([N+](=O)[O-])c(Cl)cc1NC(=S)NC(=O)/C=C/c1ccc(Cl)cc1Cl. The van der Waals surface area contributed by atoms with Crippen LogP contribution in [-0.2, 0) is 4.79 Å². The zero-order valence-electron chi connectivity index (χ0n) is 13.8. The number of rotatable bonds is 4. The van der Waals surface area contributed by atoms with Gasteiger partial charge in [-0.25, -0.2) is 0 Å². The van der Waals surface area contributed by atoms with Crippen LogP contribution in [0.2, 0.25) is 15.1 Å². The van der Waals surface area contributed by atoms with E-state index in [0.717, 1.165) is 0 Å². The number of hydrogen-bond donors (Lipinski definition) is 2. The molecule has 0 saturated carbocycles. The van der Waals surface area contributed by atoms with Crippen LogP contribution in [0.15, 0.2) is 36.4 Å². The van der Waals surface area contributed by atoms with Gasteiger partial charge in [-0.2, -0.15) is 0 Å². The van der Waals surface area contributed by atoms with Crippen molar-refractivity contribution in [2.45, 2.75) is 6.92 Å². The smallest absolute Gasteiger partial charge is 0.288 e. The minimum absolute atomic E-state index is 0.0138. The van der Waals surface area contributed by atoms with E-state index in [1.807, 2.05) is 0 Å². The molecular formula is C17H12Cl3N3O3S. The molecule has 0 radical (unpaired) electrons. The molecule has 0 heterocycles. The average molecular weight is 445 g/mol. The topological polar surface area (TPSA) is 84.3 Å². The van der Waals surface area contributed by atoms with Gasteiger partial charge in [0.25, 0.3) is 5.69 Å². The fraction of sp³-hybridized carbons (Fsp3) is 0.0588. The highest BCUT2D eigenvalue weighted by molar-refractivity contribution is 7.80. The molecule has 2 rings (SSSR count). The van der Waals surface area contributed by atoms with Crippen LogP contribution in [0, 0.1) is 17.0 Å². The van der Waals surface area contributed by atoms with Gasteiger partial charge in [0.1, 0.15) is 5.02 Å². The van der Waals surface area contributed by atoms with Gasteiger partial charge in [-0.1, -0.05) is 40.9 Å². The van der Waals surface area contributed by atoms with Gasteiger partial charge in [0.15, 0.2) is 5.11 Å². The first-order valence-corrected chi connectivity index (χ1v) is 8.91. The fourth-order valence-corrected chi connectivity index (χ4v) is 2.96. The number of benzene rings is 2. The normalized spacial score (nSPS) is 10.7. The van der Waals surface area contributed by atoms with E-state index in [0.29, 0.717) is 26.9 Å². The Hall–Kier alpha value is -2.19. The summed E-state index contributed by atoms with van der Waals surface area (Å²) < 4.78 is 0. The van der Waals surface area contributed by atoms with E-state index in [-0.39, 0.29) is 15.8 Å². The summed E-state index contributed by atoms with van der Waals surface area (Å²) in [6.45, 7) is 1.65. The Morgan fingerprint density at radius 2 is 1.89 bits per heavy atom. The van der Waals surface area contributed by atoms with Gasteiger partial charge < -0.3 is 5.32 Å². The number of nitrogens with zero attached hydrogens (tertiary/aromatic N) is 1. The zero-order valence-corrected chi connectivity index (χ0v) is 16.8. The summed E-state index contributed by atoms with van der Waals surface area (Å²) in [6.07, 6.45) is 2.78. The molecule has 0 spiro atoms. The van der Waals surface area contributed by atoms with Gasteiger partial charge >= 0.3 is 0 Å². The molecule has 10 heteroatoms. The first kappa shape index (κ1) is 21.1. The van der Waals surface area contributed by atoms with Crippen molar-refractivity contribution in [1.29, 1.82) is 0 Å². The molecule has 1 amide bonds. The minimum Gasteiger partial charge on any atom is -0.332 e. The Labute approximate surface area is 175 Å². The van der Waals surface area contributed by atoms with Crippen molar-refractivity contribution in [2.24, 2.45) is 0 Å². The molecule has 6 nitrogen and oxygen atoms in total. The molecule has 2 aromatic rings. The zero-order chi connectivity index (χ0) is 20.1. The van der Waals surface area contributed by atoms with E-state index in [9.17, 15) is 14.9 Å². The largest absolute Gasteiger partial charge is 0.332 e. The molecule has 0 unspecified atom stereocenters. The van der Waals surface area contributed by atoms with Crippen LogP contribution in [0.3, 0.4) is 0 Å². The van der Waals surface area contributed by atoms with E-state index in [1.54, 1.807) is 25.1 Å². The second-order valence-corrected chi connectivity index (χ2v) is 6.98. The van der Waals surface area contributed by atoms with Gasteiger partial charge in [0.05, 0.1) is 4.92 Å². The Bertz CT molecular complexity index is 964. The van der Waals surface area contributed by atoms with E-state index in [2.05, 4.69) is 10.6 Å². The van der Waals surface area contributed by atoms with Crippen molar-refractivity contribution < 1.29 is 9.72 Å². The first-order chi connectivity index (χ1) is 12.7. The third-order valence-corrected chi connectivity index (χ3v) is 4.42. The van der Waals surface area contributed by atoms with Crippen LogP contribution in [0.4, 0.5) is 11.4 Å². The van der Waals surface area contributed by atoms with Crippen LogP contribution >= 0.6 is 47.0 Å². The van der Waals surface area contributed by atoms with Crippen LogP contribution < -0.4 is 10.6 Å². The lowest BCUT2D eigenvalue weighted by Gasteiger charge is -2.11. The number of hydrogen-bond acceptors (Lipinski definition) is 4.